The Hall–Kier alpha value is -2.43. The molecule has 1 unspecified atom stereocenters. The van der Waals surface area contributed by atoms with Gasteiger partial charge in [-0.15, -0.1) is 0 Å². The highest BCUT2D eigenvalue weighted by molar-refractivity contribution is 6.36. The van der Waals surface area contributed by atoms with Crippen LogP contribution in [0.3, 0.4) is 0 Å². The van der Waals surface area contributed by atoms with Crippen molar-refractivity contribution in [2.24, 2.45) is 0 Å². The molecule has 11 heteroatoms. The molecule has 1 fully saturated rings. The van der Waals surface area contributed by atoms with Gasteiger partial charge in [-0.2, -0.15) is 0 Å². The van der Waals surface area contributed by atoms with Crippen LogP contribution in [0.2, 0.25) is 10.0 Å². The number of carbonyl (C=O) groups excluding carboxylic acids is 1. The molecule has 3 N–H and O–H groups in total. The molecule has 0 bridgehead atoms. The second-order valence-corrected chi connectivity index (χ2v) is 8.46. The average molecular weight is 497 g/mol. The van der Waals surface area contributed by atoms with Gasteiger partial charge in [0.25, 0.3) is 5.91 Å². The first kappa shape index (κ1) is 23.7. The molecule has 1 aromatic heterocycles. The number of hydrogen-bond donors (Lipinski definition) is 3. The molecule has 1 amide bonds. The smallest absolute Gasteiger partial charge is 0.277 e. The summed E-state index contributed by atoms with van der Waals surface area (Å²) in [6, 6.07) is 6.22. The summed E-state index contributed by atoms with van der Waals surface area (Å²) < 4.78 is 23.2. The van der Waals surface area contributed by atoms with Gasteiger partial charge < -0.3 is 19.7 Å². The van der Waals surface area contributed by atoms with Crippen molar-refractivity contribution < 1.29 is 23.9 Å². The number of benzene rings is 2. The van der Waals surface area contributed by atoms with Crippen LogP contribution >= 0.6 is 23.2 Å². The summed E-state index contributed by atoms with van der Waals surface area (Å²) in [6.45, 7) is 0.789. The molecular weight excluding hydrogens is 474 g/mol. The summed E-state index contributed by atoms with van der Waals surface area (Å²) >= 11 is 12.2. The highest BCUT2D eigenvalue weighted by Crippen LogP contribution is 2.34. The van der Waals surface area contributed by atoms with E-state index in [0.717, 1.165) is 19.3 Å². The summed E-state index contributed by atoms with van der Waals surface area (Å²) in [6.07, 6.45) is 4.52. The summed E-state index contributed by atoms with van der Waals surface area (Å²) in [5.41, 5.74) is 3.00. The minimum atomic E-state index is -0.714. The van der Waals surface area contributed by atoms with Crippen LogP contribution in [-0.4, -0.2) is 46.5 Å². The summed E-state index contributed by atoms with van der Waals surface area (Å²) in [5, 5.41) is 12.5. The van der Waals surface area contributed by atoms with Crippen LogP contribution in [0.5, 0.6) is 0 Å². The van der Waals surface area contributed by atoms with E-state index in [1.54, 1.807) is 16.7 Å². The quantitative estimate of drug-likeness (QED) is 0.314. The van der Waals surface area contributed by atoms with Crippen LogP contribution < -0.4 is 10.8 Å². The van der Waals surface area contributed by atoms with Gasteiger partial charge in [-0.05, 0) is 43.5 Å². The number of nitrogens with one attached hydrogen (secondary N) is 2. The van der Waals surface area contributed by atoms with Crippen molar-refractivity contribution in [2.75, 3.05) is 25.1 Å². The number of aliphatic hydroxyl groups is 1. The van der Waals surface area contributed by atoms with Crippen molar-refractivity contribution in [3.63, 3.8) is 0 Å². The zero-order valence-corrected chi connectivity index (χ0v) is 19.1. The third kappa shape index (κ3) is 5.39. The van der Waals surface area contributed by atoms with Crippen LogP contribution in [0.4, 0.5) is 15.8 Å². The summed E-state index contributed by atoms with van der Waals surface area (Å²) in [5.74, 6) is -1.41. The fourth-order valence-electron chi connectivity index (χ4n) is 3.72. The zero-order chi connectivity index (χ0) is 23.4. The maximum Gasteiger partial charge on any atom is 0.277 e. The molecule has 4 rings (SSSR count). The van der Waals surface area contributed by atoms with Gasteiger partial charge >= 0.3 is 0 Å². The number of amides is 1. The molecule has 176 valence electrons. The fourth-order valence-corrected chi connectivity index (χ4v) is 4.17. The van der Waals surface area contributed by atoms with Crippen molar-refractivity contribution in [3.8, 4) is 0 Å². The van der Waals surface area contributed by atoms with Gasteiger partial charge in [0.1, 0.15) is 5.52 Å². The molecule has 0 radical (unpaired) electrons. The molecule has 1 saturated heterocycles. The average Bonchev–Trinajstić information content (AvgIpc) is 3.20. The number of hydrogen-bond acceptors (Lipinski definition) is 6. The Kier molecular flexibility index (Phi) is 7.67. The van der Waals surface area contributed by atoms with E-state index in [0.29, 0.717) is 29.4 Å². The monoisotopic (exact) mass is 496 g/mol. The van der Waals surface area contributed by atoms with Crippen LogP contribution in [0.15, 0.2) is 30.6 Å². The van der Waals surface area contributed by atoms with Gasteiger partial charge in [-0.3, -0.25) is 9.63 Å². The lowest BCUT2D eigenvalue weighted by molar-refractivity contribution is 0.00661. The Morgan fingerprint density at radius 1 is 1.33 bits per heavy atom. The van der Waals surface area contributed by atoms with Gasteiger partial charge in [0.2, 0.25) is 0 Å². The van der Waals surface area contributed by atoms with E-state index in [2.05, 4.69) is 15.8 Å². The third-order valence-electron chi connectivity index (χ3n) is 5.32. The van der Waals surface area contributed by atoms with Gasteiger partial charge in [0.05, 0.1) is 59.7 Å². The molecule has 0 saturated carbocycles. The van der Waals surface area contributed by atoms with E-state index in [1.807, 2.05) is 0 Å². The Morgan fingerprint density at radius 2 is 2.18 bits per heavy atom. The van der Waals surface area contributed by atoms with Crippen molar-refractivity contribution in [1.29, 1.82) is 0 Å². The number of fused-ring (bicyclic) bond motifs is 1. The van der Waals surface area contributed by atoms with E-state index in [9.17, 15) is 4.79 Å². The molecular formula is C22H23Cl2FN4O4. The molecule has 1 aliphatic rings. The maximum absolute atomic E-state index is 15.7. The predicted molar refractivity (Wildman–Crippen MR) is 124 cm³/mol. The zero-order valence-electron chi connectivity index (χ0n) is 17.6. The molecule has 2 heterocycles. The first-order chi connectivity index (χ1) is 16.0. The predicted octanol–water partition coefficient (Wildman–Crippen LogP) is 4.45. The van der Waals surface area contributed by atoms with Gasteiger partial charge in [0, 0.05) is 11.6 Å². The number of carbonyl (C=O) groups is 1. The van der Waals surface area contributed by atoms with Crippen LogP contribution in [-0.2, 0) is 16.1 Å². The number of nitrogens with zero attached hydrogens (tertiary/aromatic N) is 2. The van der Waals surface area contributed by atoms with Crippen molar-refractivity contribution in [3.05, 3.63) is 52.0 Å². The topological polar surface area (TPSA) is 97.6 Å². The lowest BCUT2D eigenvalue weighted by atomic mass is 10.1. The number of aliphatic hydroxyl groups excluding tert-OH is 1. The lowest BCUT2D eigenvalue weighted by Crippen LogP contribution is -2.26. The Labute approximate surface area is 199 Å². The van der Waals surface area contributed by atoms with Crippen LogP contribution in [0, 0.1) is 5.82 Å². The summed E-state index contributed by atoms with van der Waals surface area (Å²) in [7, 11) is 0. The number of imidazole rings is 1. The normalized spacial score (nSPS) is 16.2. The van der Waals surface area contributed by atoms with Crippen molar-refractivity contribution >= 4 is 51.5 Å². The Balaban J connectivity index is 1.74. The molecule has 8 nitrogen and oxygen atoms in total. The molecule has 1 atom stereocenters. The third-order valence-corrected chi connectivity index (χ3v) is 5.87. The second-order valence-electron chi connectivity index (χ2n) is 7.62. The molecule has 1 aliphatic heterocycles. The Bertz CT molecular complexity index is 1150. The van der Waals surface area contributed by atoms with E-state index in [4.69, 9.17) is 37.9 Å². The minimum Gasteiger partial charge on any atom is -0.394 e. The number of halogens is 3. The number of hydroxylamine groups is 1. The standard InChI is InChI=1S/C22H23Cl2FN4O4/c23-13-4-5-17(16(24)9-13)27-20-15(22(31)28-33-8-6-30)10-18-21(19(20)25)26-12-29(18)11-14-3-1-2-7-32-14/h4-5,9-10,12,14,27,30H,1-3,6-8,11H2,(H,28,31). The molecule has 0 aliphatic carbocycles. The van der Waals surface area contributed by atoms with Crippen molar-refractivity contribution in [2.45, 2.75) is 31.9 Å². The highest BCUT2D eigenvalue weighted by atomic mass is 35.5. The van der Waals surface area contributed by atoms with Crippen LogP contribution in [0.1, 0.15) is 29.6 Å². The van der Waals surface area contributed by atoms with Gasteiger partial charge in [0.15, 0.2) is 5.82 Å². The van der Waals surface area contributed by atoms with E-state index >= 15 is 4.39 Å². The number of rotatable bonds is 8. The first-order valence-corrected chi connectivity index (χ1v) is 11.3. The number of anilines is 2. The second kappa shape index (κ2) is 10.7. The van der Waals surface area contributed by atoms with Gasteiger partial charge in [-0.25, -0.2) is 14.9 Å². The Morgan fingerprint density at radius 3 is 2.91 bits per heavy atom. The molecule has 2 aromatic carbocycles. The minimum absolute atomic E-state index is 0.00458. The fraction of sp³-hybridized carbons (Fsp3) is 0.364. The van der Waals surface area contributed by atoms with E-state index in [-0.39, 0.29) is 41.1 Å². The summed E-state index contributed by atoms with van der Waals surface area (Å²) in [4.78, 5) is 22.0. The van der Waals surface area contributed by atoms with E-state index in [1.165, 1.54) is 18.5 Å². The molecule has 3 aromatic rings. The SMILES string of the molecule is O=C(NOCCO)c1cc2c(ncn2CC2CCCCO2)c(F)c1Nc1ccc(Cl)cc1Cl. The highest BCUT2D eigenvalue weighted by Gasteiger charge is 2.24. The number of ether oxygens (including phenoxy) is 1. The van der Waals surface area contributed by atoms with Crippen molar-refractivity contribution in [1.82, 2.24) is 15.0 Å². The number of aromatic nitrogens is 2. The lowest BCUT2D eigenvalue weighted by Gasteiger charge is -2.23. The van der Waals surface area contributed by atoms with E-state index < -0.39 is 11.7 Å². The molecule has 33 heavy (non-hydrogen) atoms. The maximum atomic E-state index is 15.7. The van der Waals surface area contributed by atoms with Crippen LogP contribution in [0.25, 0.3) is 11.0 Å². The largest absolute Gasteiger partial charge is 0.394 e. The molecule has 0 spiro atoms. The first-order valence-electron chi connectivity index (χ1n) is 10.5. The van der Waals surface area contributed by atoms with Gasteiger partial charge in [-0.1, -0.05) is 23.2 Å².